The summed E-state index contributed by atoms with van der Waals surface area (Å²) in [6.45, 7) is 0.984. The number of nitrogens with one attached hydrogen (secondary N) is 1. The lowest BCUT2D eigenvalue weighted by atomic mass is 10.2. The summed E-state index contributed by atoms with van der Waals surface area (Å²) in [7, 11) is 0. The minimum atomic E-state index is -0.914. The van der Waals surface area contributed by atoms with E-state index >= 15 is 0 Å². The van der Waals surface area contributed by atoms with Gasteiger partial charge in [0.2, 0.25) is 5.91 Å². The number of carbonyl (C=O) groups is 2. The Bertz CT molecular complexity index is 603. The van der Waals surface area contributed by atoms with Crippen molar-refractivity contribution in [2.24, 2.45) is 11.8 Å². The van der Waals surface area contributed by atoms with E-state index in [0.29, 0.717) is 36.8 Å². The number of ether oxygens (including phenoxy) is 2. The Labute approximate surface area is 125 Å². The molecule has 0 radical (unpaired) electrons. The third kappa shape index (κ3) is 2.78. The molecule has 112 valence electrons. The first-order valence-electron chi connectivity index (χ1n) is 6.61. The zero-order valence-electron chi connectivity index (χ0n) is 11.4. The van der Waals surface area contributed by atoms with Crippen molar-refractivity contribution in [1.82, 2.24) is 0 Å². The average molecular weight is 309 g/mol. The Morgan fingerprint density at radius 3 is 2.48 bits per heavy atom. The van der Waals surface area contributed by atoms with Crippen LogP contribution < -0.4 is 14.8 Å². The van der Waals surface area contributed by atoms with Gasteiger partial charge in [0.05, 0.1) is 17.5 Å². The van der Waals surface area contributed by atoms with Gasteiger partial charge in [0.25, 0.3) is 0 Å². The highest BCUT2D eigenvalue weighted by molar-refractivity contribution is 7.98. The van der Waals surface area contributed by atoms with Crippen LogP contribution in [0.1, 0.15) is 6.42 Å². The van der Waals surface area contributed by atoms with Gasteiger partial charge < -0.3 is 19.9 Å². The molecule has 7 heteroatoms. The van der Waals surface area contributed by atoms with E-state index in [4.69, 9.17) is 14.6 Å². The van der Waals surface area contributed by atoms with Crippen LogP contribution in [-0.2, 0) is 9.59 Å². The van der Waals surface area contributed by atoms with Crippen LogP contribution >= 0.6 is 11.8 Å². The van der Waals surface area contributed by atoms with E-state index < -0.39 is 17.8 Å². The Morgan fingerprint density at radius 2 is 1.90 bits per heavy atom. The SMILES string of the molecule is CSc1cc2c(cc1NC(=O)C1CC1C(=O)O)OCCO2. The predicted molar refractivity (Wildman–Crippen MR) is 77.1 cm³/mol. The Hall–Kier alpha value is -1.89. The molecule has 0 saturated heterocycles. The summed E-state index contributed by atoms with van der Waals surface area (Å²) in [4.78, 5) is 23.8. The van der Waals surface area contributed by atoms with Crippen LogP contribution in [0.2, 0.25) is 0 Å². The number of hydrogen-bond donors (Lipinski definition) is 2. The number of hydrogen-bond acceptors (Lipinski definition) is 5. The molecule has 2 unspecified atom stereocenters. The van der Waals surface area contributed by atoms with Crippen molar-refractivity contribution in [3.63, 3.8) is 0 Å². The number of carboxylic acids is 1. The summed E-state index contributed by atoms with van der Waals surface area (Å²) in [5.74, 6) is -0.902. The number of benzene rings is 1. The number of aliphatic carboxylic acids is 1. The fourth-order valence-corrected chi connectivity index (χ4v) is 2.87. The molecule has 1 heterocycles. The molecule has 6 nitrogen and oxygen atoms in total. The summed E-state index contributed by atoms with van der Waals surface area (Å²) < 4.78 is 11.0. The van der Waals surface area contributed by atoms with E-state index in [1.807, 2.05) is 12.3 Å². The molecule has 1 aliphatic heterocycles. The van der Waals surface area contributed by atoms with Crippen LogP contribution in [0, 0.1) is 11.8 Å². The smallest absolute Gasteiger partial charge is 0.307 e. The number of carbonyl (C=O) groups excluding carboxylic acids is 1. The van der Waals surface area contributed by atoms with E-state index in [1.54, 1.807) is 6.07 Å². The first-order chi connectivity index (χ1) is 10.1. The first kappa shape index (κ1) is 14.1. The second-order valence-electron chi connectivity index (χ2n) is 4.97. The van der Waals surface area contributed by atoms with E-state index in [9.17, 15) is 9.59 Å². The first-order valence-corrected chi connectivity index (χ1v) is 7.84. The second-order valence-corrected chi connectivity index (χ2v) is 5.82. The minimum Gasteiger partial charge on any atom is -0.486 e. The predicted octanol–water partition coefficient (Wildman–Crippen LogP) is 1.84. The van der Waals surface area contributed by atoms with Crippen LogP contribution in [0.15, 0.2) is 17.0 Å². The maximum Gasteiger partial charge on any atom is 0.307 e. The van der Waals surface area contributed by atoms with Gasteiger partial charge in [0, 0.05) is 11.0 Å². The van der Waals surface area contributed by atoms with Gasteiger partial charge in [0.1, 0.15) is 13.2 Å². The zero-order valence-corrected chi connectivity index (χ0v) is 12.2. The zero-order chi connectivity index (χ0) is 15.0. The van der Waals surface area contributed by atoms with Gasteiger partial charge in [-0.3, -0.25) is 9.59 Å². The van der Waals surface area contributed by atoms with Crippen molar-refractivity contribution in [1.29, 1.82) is 0 Å². The van der Waals surface area contributed by atoms with Gasteiger partial charge in [-0.1, -0.05) is 0 Å². The average Bonchev–Trinajstić information content (AvgIpc) is 3.27. The topological polar surface area (TPSA) is 84.9 Å². The second kappa shape index (κ2) is 5.48. The van der Waals surface area contributed by atoms with Gasteiger partial charge in [-0.15, -0.1) is 11.8 Å². The number of anilines is 1. The van der Waals surface area contributed by atoms with Crippen molar-refractivity contribution in [3.8, 4) is 11.5 Å². The quantitative estimate of drug-likeness (QED) is 0.826. The molecule has 2 N–H and O–H groups in total. The number of carboxylic acid groups (broad SMARTS) is 1. The maximum absolute atomic E-state index is 12.1. The van der Waals surface area contributed by atoms with E-state index in [-0.39, 0.29) is 5.91 Å². The van der Waals surface area contributed by atoms with Crippen LogP contribution in [0.3, 0.4) is 0 Å². The molecule has 1 fully saturated rings. The lowest BCUT2D eigenvalue weighted by molar-refractivity contribution is -0.139. The molecule has 1 aromatic carbocycles. The van der Waals surface area contributed by atoms with E-state index in [2.05, 4.69) is 5.32 Å². The Balaban J connectivity index is 1.78. The largest absolute Gasteiger partial charge is 0.486 e. The number of rotatable bonds is 4. The monoisotopic (exact) mass is 309 g/mol. The summed E-state index contributed by atoms with van der Waals surface area (Å²) >= 11 is 1.48. The fourth-order valence-electron chi connectivity index (χ4n) is 2.32. The lowest BCUT2D eigenvalue weighted by Crippen LogP contribution is -2.19. The molecule has 2 aliphatic rings. The highest BCUT2D eigenvalue weighted by Gasteiger charge is 2.48. The highest BCUT2D eigenvalue weighted by Crippen LogP contribution is 2.42. The van der Waals surface area contributed by atoms with Crippen molar-refractivity contribution in [2.45, 2.75) is 11.3 Å². The third-order valence-corrected chi connectivity index (χ3v) is 4.34. The van der Waals surface area contributed by atoms with Crippen molar-refractivity contribution in [2.75, 3.05) is 24.8 Å². The molecule has 21 heavy (non-hydrogen) atoms. The molecule has 1 saturated carbocycles. The molecular weight excluding hydrogens is 294 g/mol. The van der Waals surface area contributed by atoms with Crippen molar-refractivity contribution < 1.29 is 24.2 Å². The molecule has 1 aliphatic carbocycles. The number of fused-ring (bicyclic) bond motifs is 1. The molecule has 0 bridgehead atoms. The summed E-state index contributed by atoms with van der Waals surface area (Å²) in [6, 6.07) is 3.56. The molecule has 2 atom stereocenters. The van der Waals surface area contributed by atoms with E-state index in [0.717, 1.165) is 4.90 Å². The summed E-state index contributed by atoms with van der Waals surface area (Å²) in [5, 5.41) is 11.7. The van der Waals surface area contributed by atoms with Crippen LogP contribution in [0.5, 0.6) is 11.5 Å². The van der Waals surface area contributed by atoms with E-state index in [1.165, 1.54) is 11.8 Å². The minimum absolute atomic E-state index is 0.255. The van der Waals surface area contributed by atoms with Crippen LogP contribution in [-0.4, -0.2) is 36.5 Å². The highest BCUT2D eigenvalue weighted by atomic mass is 32.2. The fraction of sp³-hybridized carbons (Fsp3) is 0.429. The van der Waals surface area contributed by atoms with Crippen molar-refractivity contribution >= 4 is 29.3 Å². The molecule has 1 amide bonds. The maximum atomic E-state index is 12.1. The van der Waals surface area contributed by atoms with Gasteiger partial charge in [-0.2, -0.15) is 0 Å². The molecule has 0 aromatic heterocycles. The standard InChI is InChI=1S/C14H15NO5S/c1-21-12-6-11-10(19-2-3-20-11)5-9(12)15-13(16)7-4-8(7)14(17)18/h5-8H,2-4H2,1H3,(H,15,16)(H,17,18). The molecule has 1 aromatic rings. The summed E-state index contributed by atoms with van der Waals surface area (Å²) in [6.07, 6.45) is 2.30. The van der Waals surface area contributed by atoms with Crippen LogP contribution in [0.4, 0.5) is 5.69 Å². The van der Waals surface area contributed by atoms with Gasteiger partial charge in [-0.25, -0.2) is 0 Å². The van der Waals surface area contributed by atoms with Gasteiger partial charge >= 0.3 is 5.97 Å². The third-order valence-electron chi connectivity index (χ3n) is 3.57. The Kier molecular flexibility index (Phi) is 3.67. The van der Waals surface area contributed by atoms with Gasteiger partial charge in [0.15, 0.2) is 11.5 Å². The molecule has 0 spiro atoms. The van der Waals surface area contributed by atoms with Crippen LogP contribution in [0.25, 0.3) is 0 Å². The Morgan fingerprint density at radius 1 is 1.24 bits per heavy atom. The summed E-state index contributed by atoms with van der Waals surface area (Å²) in [5.41, 5.74) is 0.632. The number of amides is 1. The van der Waals surface area contributed by atoms with Gasteiger partial charge in [-0.05, 0) is 18.7 Å². The lowest BCUT2D eigenvalue weighted by Gasteiger charge is -2.21. The molecule has 3 rings (SSSR count). The number of thioether (sulfide) groups is 1. The van der Waals surface area contributed by atoms with Crippen molar-refractivity contribution in [3.05, 3.63) is 12.1 Å². The normalized spacial score (nSPS) is 22.5. The molecular formula is C14H15NO5S.